The molecule has 0 amide bonds. The van der Waals surface area contributed by atoms with Gasteiger partial charge in [-0.1, -0.05) is 103 Å². The molecule has 0 aliphatic rings. The first-order chi connectivity index (χ1) is 25.3. The van der Waals surface area contributed by atoms with Gasteiger partial charge in [0.1, 0.15) is 5.52 Å². The number of thiophene rings is 1. The summed E-state index contributed by atoms with van der Waals surface area (Å²) in [6.45, 7) is 0. The number of rotatable bonds is 4. The molecule has 7 aromatic carbocycles. The van der Waals surface area contributed by atoms with Crippen LogP contribution in [-0.2, 0) is 0 Å². The average molecular weight is 672 g/mol. The van der Waals surface area contributed by atoms with E-state index in [1.54, 1.807) is 11.3 Å². The molecule has 6 nitrogen and oxygen atoms in total. The van der Waals surface area contributed by atoms with Gasteiger partial charge in [0.2, 0.25) is 11.8 Å². The highest BCUT2D eigenvalue weighted by molar-refractivity contribution is 7.26. The van der Waals surface area contributed by atoms with Crippen LogP contribution in [0.4, 0.5) is 0 Å². The van der Waals surface area contributed by atoms with E-state index in [1.165, 1.54) is 9.40 Å². The van der Waals surface area contributed by atoms with Crippen LogP contribution in [0.5, 0.6) is 0 Å². The Morgan fingerprint density at radius 3 is 1.82 bits per heavy atom. The Morgan fingerprint density at radius 1 is 0.471 bits per heavy atom. The molecule has 0 radical (unpaired) electrons. The Kier molecular flexibility index (Phi) is 6.02. The van der Waals surface area contributed by atoms with Gasteiger partial charge in [-0.3, -0.25) is 4.57 Å². The van der Waals surface area contributed by atoms with Crippen molar-refractivity contribution >= 4 is 75.2 Å². The van der Waals surface area contributed by atoms with Crippen molar-refractivity contribution in [3.8, 4) is 40.2 Å². The van der Waals surface area contributed by atoms with Crippen LogP contribution in [0.1, 0.15) is 0 Å². The van der Waals surface area contributed by atoms with Crippen LogP contribution in [0.15, 0.2) is 156 Å². The van der Waals surface area contributed by atoms with Crippen molar-refractivity contribution in [3.05, 3.63) is 152 Å². The van der Waals surface area contributed by atoms with Crippen molar-refractivity contribution in [3.63, 3.8) is 0 Å². The number of aromatic nitrogens is 5. The van der Waals surface area contributed by atoms with Crippen molar-refractivity contribution in [2.75, 3.05) is 0 Å². The van der Waals surface area contributed by atoms with Crippen molar-refractivity contribution < 1.29 is 4.42 Å². The third kappa shape index (κ3) is 4.35. The van der Waals surface area contributed by atoms with E-state index in [2.05, 4.69) is 89.5 Å². The average Bonchev–Trinajstić information content (AvgIpc) is 3.90. The lowest BCUT2D eigenvalue weighted by Gasteiger charge is -2.11. The molecule has 0 atom stereocenters. The first-order valence-electron chi connectivity index (χ1n) is 16.8. The molecule has 4 heterocycles. The number of fused-ring (bicyclic) bond motifs is 10. The molecule has 0 saturated carbocycles. The fourth-order valence-electron chi connectivity index (χ4n) is 7.35. The molecule has 0 spiro atoms. The lowest BCUT2D eigenvalue weighted by molar-refractivity contribution is 0.620. The van der Waals surface area contributed by atoms with Gasteiger partial charge in [-0.2, -0.15) is 9.97 Å². The molecular formula is C44H25N5OS. The van der Waals surface area contributed by atoms with E-state index in [0.29, 0.717) is 23.5 Å². The summed E-state index contributed by atoms with van der Waals surface area (Å²) in [4.78, 5) is 20.5. The van der Waals surface area contributed by atoms with E-state index in [1.807, 2.05) is 66.7 Å². The molecule has 238 valence electrons. The number of benzene rings is 7. The predicted molar refractivity (Wildman–Crippen MR) is 208 cm³/mol. The largest absolute Gasteiger partial charge is 0.436 e. The fraction of sp³-hybridized carbons (Fsp3) is 0. The molecule has 51 heavy (non-hydrogen) atoms. The second-order valence-corrected chi connectivity index (χ2v) is 13.7. The number of oxazole rings is 1. The van der Waals surface area contributed by atoms with Crippen LogP contribution in [0.3, 0.4) is 0 Å². The van der Waals surface area contributed by atoms with Crippen LogP contribution in [0.25, 0.3) is 104 Å². The van der Waals surface area contributed by atoms with E-state index in [0.717, 1.165) is 71.1 Å². The van der Waals surface area contributed by atoms with E-state index < -0.39 is 0 Å². The molecule has 0 fully saturated rings. The summed E-state index contributed by atoms with van der Waals surface area (Å²) in [7, 11) is 0. The Morgan fingerprint density at radius 2 is 1.08 bits per heavy atom. The molecule has 0 aliphatic carbocycles. The van der Waals surface area contributed by atoms with Gasteiger partial charge in [-0.25, -0.2) is 9.97 Å². The topological polar surface area (TPSA) is 69.6 Å². The minimum atomic E-state index is 0.577. The summed E-state index contributed by atoms with van der Waals surface area (Å²) in [6.07, 6.45) is 0. The number of hydrogen-bond acceptors (Lipinski definition) is 6. The molecule has 4 aromatic heterocycles. The zero-order chi connectivity index (χ0) is 33.5. The van der Waals surface area contributed by atoms with Crippen LogP contribution < -0.4 is 0 Å². The van der Waals surface area contributed by atoms with Gasteiger partial charge < -0.3 is 4.42 Å². The van der Waals surface area contributed by atoms with Crippen molar-refractivity contribution in [1.82, 2.24) is 24.5 Å². The predicted octanol–water partition coefficient (Wildman–Crippen LogP) is 11.6. The maximum Gasteiger partial charge on any atom is 0.238 e. The third-order valence-electron chi connectivity index (χ3n) is 9.69. The van der Waals surface area contributed by atoms with Gasteiger partial charge >= 0.3 is 0 Å². The zero-order valence-electron chi connectivity index (χ0n) is 27.0. The Labute approximate surface area is 294 Å². The minimum absolute atomic E-state index is 0.577. The minimum Gasteiger partial charge on any atom is -0.436 e. The van der Waals surface area contributed by atoms with Crippen molar-refractivity contribution in [2.45, 2.75) is 0 Å². The number of nitrogens with zero attached hydrogens (tertiary/aromatic N) is 5. The SMILES string of the molecule is c1ccc(-c2nc(-c3ccc4ccc5sc6ccc7oc(-c8ccccc8)nc7c6c5c4c3)nc(-n3c4ccccc4c4ccccc43)n2)cc1. The molecule has 0 unspecified atom stereocenters. The quantitative estimate of drug-likeness (QED) is 0.186. The van der Waals surface area contributed by atoms with Crippen molar-refractivity contribution in [1.29, 1.82) is 0 Å². The molecule has 0 aliphatic heterocycles. The fourth-order valence-corrected chi connectivity index (χ4v) is 8.48. The smallest absolute Gasteiger partial charge is 0.238 e. The van der Waals surface area contributed by atoms with Gasteiger partial charge in [0.15, 0.2) is 17.2 Å². The van der Waals surface area contributed by atoms with Gasteiger partial charge in [0.05, 0.1) is 11.0 Å². The van der Waals surface area contributed by atoms with E-state index in [4.69, 9.17) is 24.4 Å². The lowest BCUT2D eigenvalue weighted by Crippen LogP contribution is -2.06. The monoisotopic (exact) mass is 671 g/mol. The third-order valence-corrected chi connectivity index (χ3v) is 10.8. The molecular weight excluding hydrogens is 647 g/mol. The highest BCUT2D eigenvalue weighted by Gasteiger charge is 2.20. The van der Waals surface area contributed by atoms with Gasteiger partial charge in [0.25, 0.3) is 0 Å². The van der Waals surface area contributed by atoms with Crippen molar-refractivity contribution in [2.24, 2.45) is 0 Å². The Bertz CT molecular complexity index is 3090. The van der Waals surface area contributed by atoms with Crippen LogP contribution in [-0.4, -0.2) is 24.5 Å². The molecule has 0 N–H and O–H groups in total. The summed E-state index contributed by atoms with van der Waals surface area (Å²) in [5.74, 6) is 2.43. The first kappa shape index (κ1) is 28.2. The van der Waals surface area contributed by atoms with Gasteiger partial charge in [-0.05, 0) is 59.3 Å². The second-order valence-electron chi connectivity index (χ2n) is 12.7. The summed E-state index contributed by atoms with van der Waals surface area (Å²) in [5.41, 5.74) is 6.53. The lowest BCUT2D eigenvalue weighted by atomic mass is 10.0. The summed E-state index contributed by atoms with van der Waals surface area (Å²) < 4.78 is 10.8. The summed E-state index contributed by atoms with van der Waals surface area (Å²) in [6, 6.07) is 52.1. The number of hydrogen-bond donors (Lipinski definition) is 0. The van der Waals surface area contributed by atoms with E-state index in [9.17, 15) is 0 Å². The molecule has 0 bridgehead atoms. The first-order valence-corrected chi connectivity index (χ1v) is 17.6. The maximum atomic E-state index is 6.31. The number of para-hydroxylation sites is 2. The summed E-state index contributed by atoms with van der Waals surface area (Å²) >= 11 is 1.77. The van der Waals surface area contributed by atoms with Gasteiger partial charge in [-0.15, -0.1) is 11.3 Å². The molecule has 11 aromatic rings. The van der Waals surface area contributed by atoms with Crippen LogP contribution in [0.2, 0.25) is 0 Å². The molecule has 7 heteroatoms. The highest BCUT2D eigenvalue weighted by atomic mass is 32.1. The molecule has 0 saturated heterocycles. The zero-order valence-corrected chi connectivity index (χ0v) is 27.8. The molecule has 11 rings (SSSR count). The van der Waals surface area contributed by atoms with Crippen LogP contribution in [0, 0.1) is 0 Å². The van der Waals surface area contributed by atoms with Gasteiger partial charge in [0, 0.05) is 47.6 Å². The Balaban J connectivity index is 1.17. The Hall–Kier alpha value is -6.70. The summed E-state index contributed by atoms with van der Waals surface area (Å²) in [5, 5.41) is 6.83. The maximum absolute atomic E-state index is 6.31. The van der Waals surface area contributed by atoms with E-state index in [-0.39, 0.29) is 0 Å². The normalized spacial score (nSPS) is 11.9. The second kappa shape index (κ2) is 10.9. The highest BCUT2D eigenvalue weighted by Crippen LogP contribution is 2.43. The van der Waals surface area contributed by atoms with Crippen LogP contribution >= 0.6 is 11.3 Å². The standard InChI is InChI=1S/C44H25N5OS/c1-3-11-27(12-4-1)41-46-42(48-44(47-41)49-33-17-9-7-15-30(33)31-16-8-10-18-34(31)49)29-20-19-26-21-23-36-38(32(26)25-29)39-37(51-36)24-22-35-40(39)45-43(50-35)28-13-5-2-6-14-28/h1-25H. The van der Waals surface area contributed by atoms with E-state index >= 15 is 0 Å².